The fourth-order valence-electron chi connectivity index (χ4n) is 4.25. The van der Waals surface area contributed by atoms with Crippen molar-refractivity contribution in [2.24, 2.45) is 0 Å². The van der Waals surface area contributed by atoms with E-state index in [2.05, 4.69) is 5.32 Å². The zero-order valence-electron chi connectivity index (χ0n) is 23.5. The SMILES string of the molecule is CC[C@@H](C)NC(=O)[C@H](Cc1ccccc1)N(Cc1cccc(Cl)c1)C(=O)CN(c1ccc(OC)c(Cl)c1)S(C)(=O)=O. The van der Waals surface area contributed by atoms with E-state index >= 15 is 0 Å². The maximum absolute atomic E-state index is 14.1. The van der Waals surface area contributed by atoms with Gasteiger partial charge < -0.3 is 15.0 Å². The minimum atomic E-state index is -3.93. The van der Waals surface area contributed by atoms with E-state index in [4.69, 9.17) is 27.9 Å². The Balaban J connectivity index is 2.07. The molecular formula is C30H35Cl2N3O5S. The summed E-state index contributed by atoms with van der Waals surface area (Å²) in [7, 11) is -2.48. The number of methoxy groups -OCH3 is 1. The van der Waals surface area contributed by atoms with Crippen molar-refractivity contribution in [1.29, 1.82) is 0 Å². The molecule has 0 spiro atoms. The van der Waals surface area contributed by atoms with Gasteiger partial charge in [-0.3, -0.25) is 13.9 Å². The summed E-state index contributed by atoms with van der Waals surface area (Å²) < 4.78 is 32.0. The van der Waals surface area contributed by atoms with Crippen LogP contribution >= 0.6 is 23.2 Å². The van der Waals surface area contributed by atoms with Crippen molar-refractivity contribution in [2.45, 2.75) is 45.3 Å². The molecule has 0 heterocycles. The quantitative estimate of drug-likeness (QED) is 0.279. The predicted octanol–water partition coefficient (Wildman–Crippen LogP) is 5.32. The van der Waals surface area contributed by atoms with Gasteiger partial charge in [-0.1, -0.05) is 72.6 Å². The van der Waals surface area contributed by atoms with E-state index in [1.54, 1.807) is 24.3 Å². The van der Waals surface area contributed by atoms with Gasteiger partial charge in [0.05, 0.1) is 24.1 Å². The number of hydrogen-bond acceptors (Lipinski definition) is 5. The largest absolute Gasteiger partial charge is 0.495 e. The fourth-order valence-corrected chi connectivity index (χ4v) is 5.56. The summed E-state index contributed by atoms with van der Waals surface area (Å²) in [5.41, 5.74) is 1.74. The van der Waals surface area contributed by atoms with Crippen LogP contribution in [-0.4, -0.2) is 57.1 Å². The van der Waals surface area contributed by atoms with Gasteiger partial charge in [0, 0.05) is 24.0 Å². The molecule has 0 fully saturated rings. The lowest BCUT2D eigenvalue weighted by Gasteiger charge is -2.34. The number of anilines is 1. The number of rotatable bonds is 13. The van der Waals surface area contributed by atoms with Crippen LogP contribution < -0.4 is 14.4 Å². The molecule has 220 valence electrons. The molecule has 0 saturated heterocycles. The molecule has 11 heteroatoms. The third kappa shape index (κ3) is 9.11. The molecule has 0 aromatic heterocycles. The number of nitrogens with one attached hydrogen (secondary N) is 1. The second-order valence-electron chi connectivity index (χ2n) is 9.76. The van der Waals surface area contributed by atoms with Crippen LogP contribution in [0.4, 0.5) is 5.69 Å². The van der Waals surface area contributed by atoms with Gasteiger partial charge in [-0.15, -0.1) is 0 Å². The van der Waals surface area contributed by atoms with E-state index in [-0.39, 0.29) is 35.6 Å². The minimum Gasteiger partial charge on any atom is -0.495 e. The summed E-state index contributed by atoms with van der Waals surface area (Å²) in [6.07, 6.45) is 1.94. The first-order chi connectivity index (χ1) is 19.4. The van der Waals surface area contributed by atoms with Crippen LogP contribution in [0.15, 0.2) is 72.8 Å². The third-order valence-corrected chi connectivity index (χ3v) is 8.29. The highest BCUT2D eigenvalue weighted by Gasteiger charge is 2.33. The van der Waals surface area contributed by atoms with Crippen molar-refractivity contribution >= 4 is 50.7 Å². The predicted molar refractivity (Wildman–Crippen MR) is 164 cm³/mol. The van der Waals surface area contributed by atoms with E-state index in [9.17, 15) is 18.0 Å². The van der Waals surface area contributed by atoms with Crippen LogP contribution in [0.5, 0.6) is 5.75 Å². The average Bonchev–Trinajstić information content (AvgIpc) is 2.93. The Kier molecular flexibility index (Phi) is 11.5. The minimum absolute atomic E-state index is 0.0335. The number of amides is 2. The van der Waals surface area contributed by atoms with Crippen molar-refractivity contribution in [1.82, 2.24) is 10.2 Å². The van der Waals surface area contributed by atoms with Crippen LogP contribution in [0.2, 0.25) is 10.0 Å². The number of hydrogen-bond donors (Lipinski definition) is 1. The van der Waals surface area contributed by atoms with Crippen LogP contribution in [0.1, 0.15) is 31.4 Å². The maximum Gasteiger partial charge on any atom is 0.244 e. The molecule has 0 aliphatic heterocycles. The van der Waals surface area contributed by atoms with Crippen LogP contribution in [0, 0.1) is 0 Å². The number of ether oxygens (including phenoxy) is 1. The Morgan fingerprint density at radius 1 is 0.976 bits per heavy atom. The van der Waals surface area contributed by atoms with E-state index in [1.807, 2.05) is 44.2 Å². The first-order valence-electron chi connectivity index (χ1n) is 13.1. The molecule has 0 aliphatic rings. The summed E-state index contributed by atoms with van der Waals surface area (Å²) in [6, 6.07) is 19.8. The Bertz CT molecular complexity index is 1450. The number of sulfonamides is 1. The molecule has 2 atom stereocenters. The van der Waals surface area contributed by atoms with Crippen molar-refractivity contribution in [3.63, 3.8) is 0 Å². The zero-order valence-corrected chi connectivity index (χ0v) is 25.8. The number of carbonyl (C=O) groups excluding carboxylic acids is 2. The molecule has 2 amide bonds. The number of nitrogens with zero attached hydrogens (tertiary/aromatic N) is 2. The maximum atomic E-state index is 14.1. The monoisotopic (exact) mass is 619 g/mol. The summed E-state index contributed by atoms with van der Waals surface area (Å²) >= 11 is 12.5. The highest BCUT2D eigenvalue weighted by Crippen LogP contribution is 2.30. The standard InChI is InChI=1S/C30H35Cl2N3O5S/c1-5-21(2)33-30(37)27(17-22-10-7-6-8-11-22)34(19-23-12-9-13-24(31)16-23)29(36)20-35(41(4,38)39)25-14-15-28(40-3)26(32)18-25/h6-16,18,21,27H,5,17,19-20H2,1-4H3,(H,33,37)/t21-,27+/m1/s1. The van der Waals surface area contributed by atoms with Crippen molar-refractivity contribution in [3.8, 4) is 5.75 Å². The number of halogens is 2. The Morgan fingerprint density at radius 3 is 2.24 bits per heavy atom. The van der Waals surface area contributed by atoms with Gasteiger partial charge in [0.1, 0.15) is 18.3 Å². The van der Waals surface area contributed by atoms with Gasteiger partial charge in [0.15, 0.2) is 0 Å². The normalized spacial score (nSPS) is 12.7. The van der Waals surface area contributed by atoms with Gasteiger partial charge >= 0.3 is 0 Å². The molecule has 3 rings (SSSR count). The van der Waals surface area contributed by atoms with Crippen molar-refractivity contribution in [2.75, 3.05) is 24.2 Å². The van der Waals surface area contributed by atoms with Gasteiger partial charge in [-0.05, 0) is 54.8 Å². The van der Waals surface area contributed by atoms with Crippen LogP contribution in [-0.2, 0) is 32.6 Å². The molecule has 3 aromatic carbocycles. The first-order valence-corrected chi connectivity index (χ1v) is 15.7. The van der Waals surface area contributed by atoms with E-state index < -0.39 is 28.5 Å². The third-order valence-electron chi connectivity index (χ3n) is 6.62. The second-order valence-corrected chi connectivity index (χ2v) is 12.5. The van der Waals surface area contributed by atoms with Gasteiger partial charge in [-0.2, -0.15) is 0 Å². The highest BCUT2D eigenvalue weighted by molar-refractivity contribution is 7.92. The van der Waals surface area contributed by atoms with E-state index in [0.29, 0.717) is 22.8 Å². The summed E-state index contributed by atoms with van der Waals surface area (Å²) in [6.45, 7) is 3.32. The van der Waals surface area contributed by atoms with E-state index in [1.165, 1.54) is 30.2 Å². The Hall–Kier alpha value is -3.27. The van der Waals surface area contributed by atoms with E-state index in [0.717, 1.165) is 16.1 Å². The Morgan fingerprint density at radius 2 is 1.66 bits per heavy atom. The smallest absolute Gasteiger partial charge is 0.244 e. The highest BCUT2D eigenvalue weighted by atomic mass is 35.5. The lowest BCUT2D eigenvalue weighted by atomic mass is 10.0. The fraction of sp³-hybridized carbons (Fsp3) is 0.333. The van der Waals surface area contributed by atoms with Crippen LogP contribution in [0.3, 0.4) is 0 Å². The molecule has 0 bridgehead atoms. The van der Waals surface area contributed by atoms with Gasteiger partial charge in [0.25, 0.3) is 0 Å². The molecule has 1 N–H and O–H groups in total. The van der Waals surface area contributed by atoms with Crippen molar-refractivity contribution in [3.05, 3.63) is 94.0 Å². The van der Waals surface area contributed by atoms with Crippen LogP contribution in [0.25, 0.3) is 0 Å². The summed E-state index contributed by atoms with van der Waals surface area (Å²) in [4.78, 5) is 29.2. The molecule has 0 saturated carbocycles. The topological polar surface area (TPSA) is 96.0 Å². The molecular weight excluding hydrogens is 585 g/mol. The van der Waals surface area contributed by atoms with Gasteiger partial charge in [-0.25, -0.2) is 8.42 Å². The Labute approximate surface area is 252 Å². The summed E-state index contributed by atoms with van der Waals surface area (Å²) in [5, 5.41) is 3.66. The molecule has 0 aliphatic carbocycles. The lowest BCUT2D eigenvalue weighted by molar-refractivity contribution is -0.140. The molecule has 8 nitrogen and oxygen atoms in total. The lowest BCUT2D eigenvalue weighted by Crippen LogP contribution is -2.54. The summed E-state index contributed by atoms with van der Waals surface area (Å²) in [5.74, 6) is -0.540. The first kappa shape index (κ1) is 32.2. The van der Waals surface area contributed by atoms with Crippen molar-refractivity contribution < 1.29 is 22.7 Å². The molecule has 41 heavy (non-hydrogen) atoms. The molecule has 3 aromatic rings. The number of benzene rings is 3. The second kappa shape index (κ2) is 14.6. The molecule has 0 radical (unpaired) electrons. The van der Waals surface area contributed by atoms with Gasteiger partial charge in [0.2, 0.25) is 21.8 Å². The molecule has 0 unspecified atom stereocenters. The average molecular weight is 621 g/mol. The zero-order chi connectivity index (χ0) is 30.2. The number of carbonyl (C=O) groups is 2.